The van der Waals surface area contributed by atoms with Crippen molar-refractivity contribution in [3.63, 3.8) is 0 Å². The Morgan fingerprint density at radius 3 is 2.50 bits per heavy atom. The Labute approximate surface area is 145 Å². The molecule has 24 heavy (non-hydrogen) atoms. The Morgan fingerprint density at radius 1 is 1.00 bits per heavy atom. The van der Waals surface area contributed by atoms with Gasteiger partial charge in [-0.15, -0.1) is 11.3 Å². The van der Waals surface area contributed by atoms with E-state index in [1.165, 1.54) is 16.9 Å². The number of aryl methyl sites for hydroxylation is 1. The van der Waals surface area contributed by atoms with Crippen molar-refractivity contribution in [3.05, 3.63) is 59.5 Å². The van der Waals surface area contributed by atoms with E-state index >= 15 is 0 Å². The fraction of sp³-hybridized carbons (Fsp3) is 0.211. The van der Waals surface area contributed by atoms with Crippen molar-refractivity contribution >= 4 is 16.5 Å². The first-order valence-electron chi connectivity index (χ1n) is 7.85. The second-order valence-electron chi connectivity index (χ2n) is 5.43. The fourth-order valence-corrected chi connectivity index (χ4v) is 2.84. The summed E-state index contributed by atoms with van der Waals surface area (Å²) in [5, 5.41) is 2.50. The maximum atomic E-state index is 5.90. The minimum absolute atomic E-state index is 0.561. The van der Waals surface area contributed by atoms with E-state index in [0.29, 0.717) is 18.3 Å². The first-order valence-corrected chi connectivity index (χ1v) is 8.73. The van der Waals surface area contributed by atoms with Gasteiger partial charge in [-0.1, -0.05) is 29.8 Å². The molecule has 1 heterocycles. The lowest BCUT2D eigenvalue weighted by atomic mass is 10.1. The molecule has 3 rings (SSSR count). The van der Waals surface area contributed by atoms with Gasteiger partial charge in [0.15, 0.2) is 5.13 Å². The van der Waals surface area contributed by atoms with Crippen LogP contribution in [0.15, 0.2) is 53.9 Å². The number of aromatic nitrogens is 1. The van der Waals surface area contributed by atoms with E-state index < -0.39 is 0 Å². The van der Waals surface area contributed by atoms with Crippen molar-refractivity contribution in [2.75, 3.05) is 18.9 Å². The van der Waals surface area contributed by atoms with Crippen molar-refractivity contribution in [2.24, 2.45) is 0 Å². The Kier molecular flexibility index (Phi) is 5.33. The second kappa shape index (κ2) is 7.84. The van der Waals surface area contributed by atoms with Crippen LogP contribution in [0.25, 0.3) is 11.3 Å². The lowest BCUT2D eigenvalue weighted by molar-refractivity contribution is 0.248. The number of para-hydroxylation sites is 1. The topological polar surface area (TPSA) is 57.4 Å². The van der Waals surface area contributed by atoms with Crippen molar-refractivity contribution in [1.82, 2.24) is 4.98 Å². The summed E-state index contributed by atoms with van der Waals surface area (Å²) in [6.45, 7) is 3.27. The highest BCUT2D eigenvalue weighted by atomic mass is 32.1. The number of nitrogens with zero attached hydrogens (tertiary/aromatic N) is 1. The maximum Gasteiger partial charge on any atom is 0.180 e. The van der Waals surface area contributed by atoms with Gasteiger partial charge in [0.25, 0.3) is 0 Å². The van der Waals surface area contributed by atoms with Crippen molar-refractivity contribution in [2.45, 2.75) is 13.3 Å². The molecule has 0 unspecified atom stereocenters. The molecule has 3 aromatic rings. The van der Waals surface area contributed by atoms with Gasteiger partial charge in [-0.3, -0.25) is 0 Å². The standard InChI is InChI=1S/C19H20N2O2S/c1-14-7-9-15(10-8-14)22-11-4-12-23-18-6-3-2-5-16(18)17-13-24-19(20)21-17/h2-3,5-10,13H,4,11-12H2,1H3,(H2,20,21). The third-order valence-corrected chi connectivity index (χ3v) is 4.19. The quantitative estimate of drug-likeness (QED) is 0.641. The van der Waals surface area contributed by atoms with Crippen LogP contribution >= 0.6 is 11.3 Å². The molecule has 1 aromatic heterocycles. The van der Waals surface area contributed by atoms with Crippen LogP contribution in [0.3, 0.4) is 0 Å². The highest BCUT2D eigenvalue weighted by Crippen LogP contribution is 2.31. The normalized spacial score (nSPS) is 10.5. The molecule has 0 radical (unpaired) electrons. The van der Waals surface area contributed by atoms with Gasteiger partial charge in [-0.2, -0.15) is 0 Å². The second-order valence-corrected chi connectivity index (χ2v) is 6.32. The van der Waals surface area contributed by atoms with E-state index in [-0.39, 0.29) is 0 Å². The monoisotopic (exact) mass is 340 g/mol. The van der Waals surface area contributed by atoms with Crippen LogP contribution in [-0.4, -0.2) is 18.2 Å². The molecule has 0 aliphatic heterocycles. The number of hydrogen-bond donors (Lipinski definition) is 1. The summed E-state index contributed by atoms with van der Waals surface area (Å²) < 4.78 is 11.6. The Morgan fingerprint density at radius 2 is 1.75 bits per heavy atom. The summed E-state index contributed by atoms with van der Waals surface area (Å²) in [4.78, 5) is 4.32. The Bertz CT molecular complexity index is 784. The van der Waals surface area contributed by atoms with Gasteiger partial charge in [0.05, 0.1) is 18.9 Å². The predicted molar refractivity (Wildman–Crippen MR) is 98.7 cm³/mol. The van der Waals surface area contributed by atoms with E-state index in [9.17, 15) is 0 Å². The van der Waals surface area contributed by atoms with Gasteiger partial charge >= 0.3 is 0 Å². The smallest absolute Gasteiger partial charge is 0.180 e. The molecule has 0 aliphatic carbocycles. The number of ether oxygens (including phenoxy) is 2. The molecule has 2 N–H and O–H groups in total. The maximum absolute atomic E-state index is 5.90. The Balaban J connectivity index is 1.51. The van der Waals surface area contributed by atoms with Crippen LogP contribution < -0.4 is 15.2 Å². The van der Waals surface area contributed by atoms with Gasteiger partial charge < -0.3 is 15.2 Å². The minimum atomic E-state index is 0.561. The molecule has 0 saturated carbocycles. The third kappa shape index (κ3) is 4.26. The molecule has 0 fully saturated rings. The number of benzene rings is 2. The van der Waals surface area contributed by atoms with Crippen LogP contribution in [0, 0.1) is 6.92 Å². The van der Waals surface area contributed by atoms with Gasteiger partial charge in [-0.05, 0) is 31.2 Å². The molecule has 0 spiro atoms. The fourth-order valence-electron chi connectivity index (χ4n) is 2.28. The lowest BCUT2D eigenvalue weighted by Gasteiger charge is -2.11. The summed E-state index contributed by atoms with van der Waals surface area (Å²) >= 11 is 1.43. The van der Waals surface area contributed by atoms with Crippen molar-refractivity contribution in [1.29, 1.82) is 0 Å². The SMILES string of the molecule is Cc1ccc(OCCCOc2ccccc2-c2csc(N)n2)cc1. The van der Waals surface area contributed by atoms with Crippen LogP contribution in [-0.2, 0) is 0 Å². The van der Waals surface area contributed by atoms with Crippen molar-refractivity contribution < 1.29 is 9.47 Å². The molecular formula is C19H20N2O2S. The molecular weight excluding hydrogens is 320 g/mol. The van der Waals surface area contributed by atoms with E-state index in [1.807, 2.05) is 53.9 Å². The van der Waals surface area contributed by atoms with E-state index in [0.717, 1.165) is 29.2 Å². The number of nitrogen functional groups attached to an aromatic ring is 1. The lowest BCUT2D eigenvalue weighted by Crippen LogP contribution is -2.05. The number of hydrogen-bond acceptors (Lipinski definition) is 5. The number of rotatable bonds is 7. The first kappa shape index (κ1) is 16.3. The average molecular weight is 340 g/mol. The van der Waals surface area contributed by atoms with E-state index in [1.54, 1.807) is 0 Å². The molecule has 0 atom stereocenters. The minimum Gasteiger partial charge on any atom is -0.493 e. The highest BCUT2D eigenvalue weighted by molar-refractivity contribution is 7.13. The van der Waals surface area contributed by atoms with Crippen LogP contribution in [0.1, 0.15) is 12.0 Å². The van der Waals surface area contributed by atoms with Crippen molar-refractivity contribution in [3.8, 4) is 22.8 Å². The molecule has 4 nitrogen and oxygen atoms in total. The van der Waals surface area contributed by atoms with E-state index in [2.05, 4.69) is 11.9 Å². The average Bonchev–Trinajstić information content (AvgIpc) is 3.03. The summed E-state index contributed by atoms with van der Waals surface area (Å²) in [6, 6.07) is 15.9. The zero-order valence-corrected chi connectivity index (χ0v) is 14.4. The molecule has 5 heteroatoms. The van der Waals surface area contributed by atoms with Crippen LogP contribution in [0.5, 0.6) is 11.5 Å². The molecule has 2 aromatic carbocycles. The number of anilines is 1. The highest BCUT2D eigenvalue weighted by Gasteiger charge is 2.08. The first-order chi connectivity index (χ1) is 11.7. The zero-order valence-electron chi connectivity index (χ0n) is 13.6. The zero-order chi connectivity index (χ0) is 16.8. The summed E-state index contributed by atoms with van der Waals surface area (Å²) in [5.41, 5.74) is 8.76. The van der Waals surface area contributed by atoms with Gasteiger partial charge in [0.2, 0.25) is 0 Å². The molecule has 0 aliphatic rings. The number of nitrogens with two attached hydrogens (primary N) is 1. The Hall–Kier alpha value is -2.53. The van der Waals surface area contributed by atoms with Gasteiger partial charge in [0, 0.05) is 17.4 Å². The van der Waals surface area contributed by atoms with E-state index in [4.69, 9.17) is 15.2 Å². The third-order valence-electron chi connectivity index (χ3n) is 3.52. The molecule has 124 valence electrons. The van der Waals surface area contributed by atoms with Crippen LogP contribution in [0.4, 0.5) is 5.13 Å². The number of thiazole rings is 1. The van der Waals surface area contributed by atoms with Gasteiger partial charge in [0.1, 0.15) is 11.5 Å². The summed E-state index contributed by atoms with van der Waals surface area (Å²) in [7, 11) is 0. The largest absolute Gasteiger partial charge is 0.493 e. The molecule has 0 bridgehead atoms. The van der Waals surface area contributed by atoms with Crippen LogP contribution in [0.2, 0.25) is 0 Å². The predicted octanol–water partition coefficient (Wildman–Crippen LogP) is 4.55. The summed E-state index contributed by atoms with van der Waals surface area (Å²) in [5.74, 6) is 1.71. The van der Waals surface area contributed by atoms with Gasteiger partial charge in [-0.25, -0.2) is 4.98 Å². The molecule has 0 saturated heterocycles. The molecule has 0 amide bonds. The summed E-state index contributed by atoms with van der Waals surface area (Å²) in [6.07, 6.45) is 0.807.